The van der Waals surface area contributed by atoms with Crippen molar-refractivity contribution in [1.29, 1.82) is 0 Å². The molecule has 0 heterocycles. The van der Waals surface area contributed by atoms with E-state index in [2.05, 4.69) is 0 Å². The minimum absolute atomic E-state index is 0.00922. The third-order valence-electron chi connectivity index (χ3n) is 6.79. The van der Waals surface area contributed by atoms with Gasteiger partial charge < -0.3 is 9.84 Å². The number of benzene rings is 2. The van der Waals surface area contributed by atoms with Crippen LogP contribution in [0.2, 0.25) is 0 Å². The Morgan fingerprint density at radius 1 is 0.680 bits per heavy atom. The molecule has 0 spiro atoms. The largest absolute Gasteiger partial charge is 0.481 e. The first-order valence-corrected chi connectivity index (χ1v) is 14.9. The molecule has 50 heavy (non-hydrogen) atoms. The highest BCUT2D eigenvalue weighted by atomic mass is 19.4. The number of ether oxygens (including phenoxy) is 1. The number of aliphatic carboxylic acids is 1. The van der Waals surface area contributed by atoms with E-state index >= 15 is 0 Å². The average Bonchev–Trinajstić information content (AvgIpc) is 3.03. The molecule has 0 fully saturated rings. The second-order valence-electron chi connectivity index (χ2n) is 12.0. The number of esters is 1. The number of rotatable bonds is 8. The minimum atomic E-state index is -4.64. The monoisotopic (exact) mass is 698 g/mol. The molecule has 14 heteroatoms. The van der Waals surface area contributed by atoms with Gasteiger partial charge in [-0.15, -0.1) is 0 Å². The zero-order valence-electron chi connectivity index (χ0n) is 27.7. The molecular weight excluding hydrogens is 665 g/mol. The predicted octanol–water partition coefficient (Wildman–Crippen LogP) is 6.12. The summed E-state index contributed by atoms with van der Waals surface area (Å²) in [4.78, 5) is 103. The quantitative estimate of drug-likeness (QED) is 0.190. The van der Waals surface area contributed by atoms with Gasteiger partial charge in [0.05, 0.1) is 12.8 Å². The third kappa shape index (κ3) is 11.8. The number of carbonyl (C=O) groups is 9. The zero-order chi connectivity index (χ0) is 38.1. The lowest BCUT2D eigenvalue weighted by Gasteiger charge is -2.19. The topological polar surface area (TPSA) is 183 Å². The molecule has 0 aromatic heterocycles. The highest BCUT2D eigenvalue weighted by molar-refractivity contribution is 6.25. The summed E-state index contributed by atoms with van der Waals surface area (Å²) < 4.78 is 36.4. The van der Waals surface area contributed by atoms with Gasteiger partial charge in [0.15, 0.2) is 34.7 Å². The number of carbonyl (C=O) groups excluding carboxylic acids is 8. The Hall–Kier alpha value is -5.66. The standard InChI is InChI=1S/C19H20O5.C15H12O5.C2HF3O/c1-11-9-16(21)14-10-12(5-6-13(14)18(11)23)15(20)7-8-17(22)24-19(2,3)4;1-8-6-13(17)11-7-9(2-3-10(11)15(8)20)12(16)4-5-14(18)19;3-2(4,5)1-6/h5-6,9-10H,7-8H2,1-4H3;2-3,6-7H,4-5H2,1H3,(H,18,19);1H. The smallest absolute Gasteiger partial charge is 0.446 e. The van der Waals surface area contributed by atoms with Crippen molar-refractivity contribution < 1.29 is 66.2 Å². The van der Waals surface area contributed by atoms with E-state index in [1.54, 1.807) is 34.6 Å². The van der Waals surface area contributed by atoms with E-state index in [0.29, 0.717) is 22.3 Å². The number of fused-ring (bicyclic) bond motifs is 2. The maximum absolute atomic E-state index is 12.2. The summed E-state index contributed by atoms with van der Waals surface area (Å²) in [6, 6.07) is 8.69. The zero-order valence-corrected chi connectivity index (χ0v) is 27.7. The van der Waals surface area contributed by atoms with Gasteiger partial charge >= 0.3 is 18.1 Å². The molecule has 0 amide bonds. The molecule has 2 aromatic carbocycles. The molecule has 0 radical (unpaired) electrons. The van der Waals surface area contributed by atoms with E-state index in [9.17, 15) is 51.5 Å². The maximum atomic E-state index is 12.2. The molecule has 2 aliphatic carbocycles. The summed E-state index contributed by atoms with van der Waals surface area (Å²) in [5.41, 5.74) is 1.74. The maximum Gasteiger partial charge on any atom is 0.446 e. The van der Waals surface area contributed by atoms with Crippen LogP contribution in [0.3, 0.4) is 0 Å². The van der Waals surface area contributed by atoms with Crippen molar-refractivity contribution in [2.45, 2.75) is 72.1 Å². The van der Waals surface area contributed by atoms with Crippen molar-refractivity contribution in [2.24, 2.45) is 0 Å². The van der Waals surface area contributed by atoms with Crippen molar-refractivity contribution >= 4 is 52.9 Å². The molecule has 0 unspecified atom stereocenters. The van der Waals surface area contributed by atoms with Gasteiger partial charge in [-0.1, -0.05) is 12.1 Å². The minimum Gasteiger partial charge on any atom is -0.481 e. The Balaban J connectivity index is 0.000000302. The molecule has 2 aromatic rings. The summed E-state index contributed by atoms with van der Waals surface area (Å²) in [6.45, 7) is 8.43. The molecule has 4 rings (SSSR count). The Labute approximate surface area is 284 Å². The van der Waals surface area contributed by atoms with Crippen molar-refractivity contribution in [3.05, 3.63) is 93.1 Å². The molecule has 1 N–H and O–H groups in total. The number of ketones is 6. The summed E-state index contributed by atoms with van der Waals surface area (Å²) >= 11 is 0. The van der Waals surface area contributed by atoms with Gasteiger partial charge in [-0.2, -0.15) is 13.2 Å². The van der Waals surface area contributed by atoms with E-state index in [0.717, 1.165) is 0 Å². The van der Waals surface area contributed by atoms with E-state index in [1.165, 1.54) is 48.6 Å². The second kappa shape index (κ2) is 16.6. The number of halogens is 3. The molecule has 11 nitrogen and oxygen atoms in total. The third-order valence-corrected chi connectivity index (χ3v) is 6.79. The van der Waals surface area contributed by atoms with Crippen LogP contribution in [0.4, 0.5) is 13.2 Å². The van der Waals surface area contributed by atoms with Gasteiger partial charge in [0.1, 0.15) is 5.60 Å². The summed E-state index contributed by atoms with van der Waals surface area (Å²) in [6.07, 6.45) is -3.61. The molecule has 0 saturated heterocycles. The van der Waals surface area contributed by atoms with Crippen LogP contribution >= 0.6 is 0 Å². The normalized spacial score (nSPS) is 13.6. The molecule has 2 aliphatic rings. The molecule has 0 bridgehead atoms. The fourth-order valence-corrected chi connectivity index (χ4v) is 4.46. The summed E-state index contributed by atoms with van der Waals surface area (Å²) in [5.74, 6) is -3.17. The number of carboxylic acid groups (broad SMARTS) is 1. The van der Waals surface area contributed by atoms with E-state index in [1.807, 2.05) is 0 Å². The number of aldehydes is 1. The molecular formula is C36H33F3O11. The van der Waals surface area contributed by atoms with Crippen molar-refractivity contribution in [3.63, 3.8) is 0 Å². The van der Waals surface area contributed by atoms with Crippen molar-refractivity contribution in [3.8, 4) is 0 Å². The van der Waals surface area contributed by atoms with Gasteiger partial charge in [0.25, 0.3) is 0 Å². The fraction of sp³-hybridized carbons (Fsp3) is 0.306. The van der Waals surface area contributed by atoms with Crippen LogP contribution in [-0.4, -0.2) is 69.8 Å². The number of Topliss-reactive ketones (excluding diaryl/α,β-unsaturated/α-hetero) is 4. The summed E-state index contributed by atoms with van der Waals surface area (Å²) in [7, 11) is 0. The first-order chi connectivity index (χ1) is 23.0. The lowest BCUT2D eigenvalue weighted by Crippen LogP contribution is -2.24. The molecule has 264 valence electrons. The molecule has 0 atom stereocenters. The Morgan fingerprint density at radius 3 is 1.40 bits per heavy atom. The average molecular weight is 699 g/mol. The van der Waals surface area contributed by atoms with Crippen LogP contribution in [0, 0.1) is 0 Å². The first kappa shape index (κ1) is 40.5. The van der Waals surface area contributed by atoms with Crippen LogP contribution in [0.1, 0.15) is 122 Å². The Kier molecular flexibility index (Phi) is 13.5. The Bertz CT molecular complexity index is 1840. The number of alkyl halides is 3. The van der Waals surface area contributed by atoms with Crippen LogP contribution in [0.5, 0.6) is 0 Å². The highest BCUT2D eigenvalue weighted by Crippen LogP contribution is 2.24. The molecule has 0 aliphatic heterocycles. The number of carboxylic acids is 1. The van der Waals surface area contributed by atoms with Crippen LogP contribution in [0.15, 0.2) is 59.7 Å². The second-order valence-corrected chi connectivity index (χ2v) is 12.0. The van der Waals surface area contributed by atoms with Crippen molar-refractivity contribution in [2.75, 3.05) is 0 Å². The fourth-order valence-electron chi connectivity index (χ4n) is 4.46. The number of hydrogen-bond donors (Lipinski definition) is 1. The van der Waals surface area contributed by atoms with Gasteiger partial charge in [0, 0.05) is 57.4 Å². The lowest BCUT2D eigenvalue weighted by molar-refractivity contribution is -0.156. The highest BCUT2D eigenvalue weighted by Gasteiger charge is 2.26. The number of allylic oxidation sites excluding steroid dienone is 4. The summed E-state index contributed by atoms with van der Waals surface area (Å²) in [5, 5.41) is 8.55. The van der Waals surface area contributed by atoms with Crippen LogP contribution in [-0.2, 0) is 19.1 Å². The van der Waals surface area contributed by atoms with Gasteiger partial charge in [0.2, 0.25) is 6.29 Å². The van der Waals surface area contributed by atoms with E-state index < -0.39 is 30.0 Å². The van der Waals surface area contributed by atoms with E-state index in [4.69, 9.17) is 14.6 Å². The number of hydrogen-bond acceptors (Lipinski definition) is 10. The van der Waals surface area contributed by atoms with Crippen molar-refractivity contribution in [1.82, 2.24) is 0 Å². The van der Waals surface area contributed by atoms with Crippen LogP contribution < -0.4 is 0 Å². The van der Waals surface area contributed by atoms with Crippen LogP contribution in [0.25, 0.3) is 0 Å². The van der Waals surface area contributed by atoms with Gasteiger partial charge in [-0.25, -0.2) is 0 Å². The van der Waals surface area contributed by atoms with Gasteiger partial charge in [-0.05, 0) is 71.0 Å². The SMILES string of the molecule is CC1=CC(=O)c2cc(C(=O)CCC(=O)O)ccc2C1=O.CC1=CC(=O)c2cc(C(=O)CCC(=O)OC(C)(C)C)ccc2C1=O.O=CC(F)(F)F. The van der Waals surface area contributed by atoms with E-state index in [-0.39, 0.29) is 82.6 Å². The predicted molar refractivity (Wildman–Crippen MR) is 170 cm³/mol. The lowest BCUT2D eigenvalue weighted by atomic mass is 9.88. The van der Waals surface area contributed by atoms with Gasteiger partial charge in [-0.3, -0.25) is 43.2 Å². The molecule has 0 saturated carbocycles. The first-order valence-electron chi connectivity index (χ1n) is 14.9. The Morgan fingerprint density at radius 2 is 1.06 bits per heavy atom.